The summed E-state index contributed by atoms with van der Waals surface area (Å²) in [6, 6.07) is 61.8. The van der Waals surface area contributed by atoms with E-state index in [-0.39, 0.29) is 16.2 Å². The van der Waals surface area contributed by atoms with E-state index in [1.165, 1.54) is 100 Å². The van der Waals surface area contributed by atoms with Gasteiger partial charge in [-0.3, -0.25) is 0 Å². The third kappa shape index (κ3) is 4.32. The molecule has 270 valence electrons. The molecule has 0 amide bonds. The van der Waals surface area contributed by atoms with E-state index in [9.17, 15) is 0 Å². The number of rotatable bonds is 4. The van der Waals surface area contributed by atoms with Gasteiger partial charge in [-0.2, -0.15) is 0 Å². The molecule has 0 atom stereocenters. The van der Waals surface area contributed by atoms with Crippen LogP contribution in [0.25, 0.3) is 55.3 Å². The molecule has 0 radical (unpaired) electrons. The van der Waals surface area contributed by atoms with Crippen molar-refractivity contribution in [3.63, 3.8) is 0 Å². The second-order valence-electron chi connectivity index (χ2n) is 17.7. The molecule has 1 heteroatoms. The van der Waals surface area contributed by atoms with Gasteiger partial charge in [0.05, 0.1) is 11.4 Å². The summed E-state index contributed by atoms with van der Waals surface area (Å²) in [6.45, 7) is 14.3. The Hall–Kier alpha value is -6.18. The summed E-state index contributed by atoms with van der Waals surface area (Å²) in [5.41, 5.74) is 22.1. The van der Waals surface area contributed by atoms with Crippen molar-refractivity contribution in [3.8, 4) is 44.5 Å². The van der Waals surface area contributed by atoms with Crippen molar-refractivity contribution in [2.75, 3.05) is 4.90 Å². The number of hydrogen-bond acceptors (Lipinski definition) is 1. The Balaban J connectivity index is 1.19. The predicted molar refractivity (Wildman–Crippen MR) is 237 cm³/mol. The minimum absolute atomic E-state index is 0.0447. The Morgan fingerprint density at radius 3 is 1.50 bits per heavy atom. The summed E-state index contributed by atoms with van der Waals surface area (Å²) in [6.07, 6.45) is 0. The molecule has 11 rings (SSSR count). The molecule has 0 aliphatic heterocycles. The molecule has 0 aromatic heterocycles. The van der Waals surface area contributed by atoms with E-state index in [0.29, 0.717) is 0 Å². The summed E-state index contributed by atoms with van der Waals surface area (Å²) in [5, 5.41) is 2.59. The lowest BCUT2D eigenvalue weighted by Gasteiger charge is -2.32. The van der Waals surface area contributed by atoms with Crippen LogP contribution < -0.4 is 4.90 Å². The lowest BCUT2D eigenvalue weighted by molar-refractivity contribution is 0.660. The molecular formula is C55H45N. The van der Waals surface area contributed by atoms with Gasteiger partial charge >= 0.3 is 0 Å². The molecule has 0 saturated heterocycles. The highest BCUT2D eigenvalue weighted by Crippen LogP contribution is 2.60. The molecule has 1 nitrogen and oxygen atoms in total. The quantitative estimate of drug-likeness (QED) is 0.175. The smallest absolute Gasteiger partial charge is 0.0549 e. The molecule has 0 heterocycles. The highest BCUT2D eigenvalue weighted by molar-refractivity contribution is 6.07. The van der Waals surface area contributed by atoms with Crippen LogP contribution in [-0.2, 0) is 16.2 Å². The molecule has 8 aromatic rings. The fourth-order valence-electron chi connectivity index (χ4n) is 10.9. The van der Waals surface area contributed by atoms with Gasteiger partial charge in [0, 0.05) is 33.1 Å². The summed E-state index contributed by atoms with van der Waals surface area (Å²) in [4.78, 5) is 2.58. The van der Waals surface area contributed by atoms with Crippen molar-refractivity contribution >= 4 is 27.8 Å². The van der Waals surface area contributed by atoms with Crippen molar-refractivity contribution in [2.24, 2.45) is 0 Å². The fourth-order valence-corrected chi connectivity index (χ4v) is 10.9. The Morgan fingerprint density at radius 1 is 0.357 bits per heavy atom. The second-order valence-corrected chi connectivity index (χ2v) is 17.7. The van der Waals surface area contributed by atoms with Crippen molar-refractivity contribution in [1.82, 2.24) is 0 Å². The Bertz CT molecular complexity index is 2940. The molecule has 0 unspecified atom stereocenters. The van der Waals surface area contributed by atoms with E-state index in [0.717, 1.165) is 5.69 Å². The van der Waals surface area contributed by atoms with Crippen molar-refractivity contribution in [2.45, 2.75) is 57.8 Å². The molecule has 0 bridgehead atoms. The number of nitrogens with zero attached hydrogens (tertiary/aromatic N) is 1. The minimum atomic E-state index is -0.165. The zero-order valence-electron chi connectivity index (χ0n) is 33.0. The third-order valence-electron chi connectivity index (χ3n) is 13.6. The Labute approximate surface area is 330 Å². The maximum Gasteiger partial charge on any atom is 0.0549 e. The first-order valence-electron chi connectivity index (χ1n) is 20.1. The SMILES string of the molecule is CC1(C)c2ccccc2-c2c(-c3ccc(N(c4cccc5c4-c4ccccc4C5(C)C)c4cc5ccccc5c5c4-c4ccccc4C5(C)C)cc3)cccc21. The lowest BCUT2D eigenvalue weighted by atomic mass is 9.80. The van der Waals surface area contributed by atoms with Gasteiger partial charge in [-0.15, -0.1) is 0 Å². The van der Waals surface area contributed by atoms with Crippen LogP contribution in [-0.4, -0.2) is 0 Å². The third-order valence-corrected chi connectivity index (χ3v) is 13.6. The van der Waals surface area contributed by atoms with Crippen LogP contribution in [0.2, 0.25) is 0 Å². The first-order chi connectivity index (χ1) is 27.1. The minimum Gasteiger partial charge on any atom is -0.309 e. The van der Waals surface area contributed by atoms with E-state index in [1.54, 1.807) is 0 Å². The van der Waals surface area contributed by atoms with Gasteiger partial charge in [0.1, 0.15) is 0 Å². The standard InChI is InChI=1S/C55H45N/c1-53(2)42-23-12-9-19-39(42)49-37(22-15-26-45(49)53)34-29-31-36(32-30-34)56(47-28-16-27-46-50(47)40-20-10-13-24-43(40)54(46,3)4)48-33-35-17-7-8-18-38(35)52-51(48)41-21-11-14-25-44(41)55(52,5)6/h7-33H,1-6H3. The molecule has 0 saturated carbocycles. The molecule has 56 heavy (non-hydrogen) atoms. The summed E-state index contributed by atoms with van der Waals surface area (Å²) in [7, 11) is 0. The van der Waals surface area contributed by atoms with E-state index < -0.39 is 0 Å². The molecule has 0 fully saturated rings. The molecule has 0 N–H and O–H groups in total. The number of hydrogen-bond donors (Lipinski definition) is 0. The van der Waals surface area contributed by atoms with Gasteiger partial charge in [-0.1, -0.05) is 181 Å². The van der Waals surface area contributed by atoms with Crippen molar-refractivity contribution < 1.29 is 0 Å². The van der Waals surface area contributed by atoms with Crippen LogP contribution in [0.4, 0.5) is 17.1 Å². The van der Waals surface area contributed by atoms with Crippen LogP contribution in [0.3, 0.4) is 0 Å². The van der Waals surface area contributed by atoms with Crippen molar-refractivity contribution in [3.05, 3.63) is 197 Å². The fraction of sp³-hybridized carbons (Fsp3) is 0.164. The highest BCUT2D eigenvalue weighted by atomic mass is 15.1. The van der Waals surface area contributed by atoms with Crippen LogP contribution in [0, 0.1) is 0 Å². The van der Waals surface area contributed by atoms with Gasteiger partial charge < -0.3 is 4.90 Å². The van der Waals surface area contributed by atoms with Crippen LogP contribution in [0.15, 0.2) is 164 Å². The molecular weight excluding hydrogens is 675 g/mol. The summed E-state index contributed by atoms with van der Waals surface area (Å²) in [5.74, 6) is 0. The first kappa shape index (κ1) is 33.2. The second kappa shape index (κ2) is 11.4. The zero-order chi connectivity index (χ0) is 38.1. The average molecular weight is 720 g/mol. The normalized spacial score (nSPS) is 15.8. The van der Waals surface area contributed by atoms with E-state index in [2.05, 4.69) is 210 Å². The highest BCUT2D eigenvalue weighted by Gasteiger charge is 2.42. The van der Waals surface area contributed by atoms with Crippen molar-refractivity contribution in [1.29, 1.82) is 0 Å². The van der Waals surface area contributed by atoms with Gasteiger partial charge in [0.2, 0.25) is 0 Å². The van der Waals surface area contributed by atoms with Gasteiger partial charge in [-0.05, 0) is 102 Å². The van der Waals surface area contributed by atoms with Crippen LogP contribution in [0.5, 0.6) is 0 Å². The Kier molecular flexibility index (Phi) is 6.77. The number of fused-ring (bicyclic) bond motifs is 11. The number of benzene rings is 8. The molecule has 3 aliphatic rings. The lowest BCUT2D eigenvalue weighted by Crippen LogP contribution is -2.17. The topological polar surface area (TPSA) is 3.24 Å². The molecule has 0 spiro atoms. The van der Waals surface area contributed by atoms with Crippen LogP contribution >= 0.6 is 0 Å². The average Bonchev–Trinajstić information content (AvgIpc) is 3.72. The van der Waals surface area contributed by atoms with Gasteiger partial charge in [0.15, 0.2) is 0 Å². The van der Waals surface area contributed by atoms with E-state index >= 15 is 0 Å². The summed E-state index contributed by atoms with van der Waals surface area (Å²) < 4.78 is 0. The van der Waals surface area contributed by atoms with E-state index in [4.69, 9.17) is 0 Å². The van der Waals surface area contributed by atoms with Gasteiger partial charge in [-0.25, -0.2) is 0 Å². The van der Waals surface area contributed by atoms with Gasteiger partial charge in [0.25, 0.3) is 0 Å². The first-order valence-corrected chi connectivity index (χ1v) is 20.1. The summed E-state index contributed by atoms with van der Waals surface area (Å²) >= 11 is 0. The predicted octanol–water partition coefficient (Wildman–Crippen LogP) is 14.9. The molecule has 3 aliphatic carbocycles. The maximum atomic E-state index is 2.58. The molecule has 8 aromatic carbocycles. The monoisotopic (exact) mass is 719 g/mol. The largest absolute Gasteiger partial charge is 0.309 e. The Morgan fingerprint density at radius 2 is 0.839 bits per heavy atom. The van der Waals surface area contributed by atoms with Crippen LogP contribution in [0.1, 0.15) is 74.9 Å². The maximum absolute atomic E-state index is 2.58. The number of anilines is 3. The zero-order valence-corrected chi connectivity index (χ0v) is 33.0. The van der Waals surface area contributed by atoms with E-state index in [1.807, 2.05) is 0 Å².